The first-order valence-corrected chi connectivity index (χ1v) is 36.3. The monoisotopic (exact) mass is 1430 g/mol. The minimum atomic E-state index is -0.806. The van der Waals surface area contributed by atoms with E-state index in [-0.39, 0.29) is 49.3 Å². The number of benzene rings is 4. The lowest BCUT2D eigenvalue weighted by Gasteiger charge is -2.30. The zero-order chi connectivity index (χ0) is 71.5. The minimum Gasteiger partial charge on any atom is -0.464 e. The number of nitrogens with one attached hydrogen (secondary N) is 3. The van der Waals surface area contributed by atoms with E-state index < -0.39 is 24.3 Å². The van der Waals surface area contributed by atoms with Crippen molar-refractivity contribution in [3.63, 3.8) is 0 Å². The fraction of sp³-hybridized carbons (Fsp3) is 0.355. The van der Waals surface area contributed by atoms with Gasteiger partial charge in [-0.25, -0.2) is 24.5 Å². The highest BCUT2D eigenvalue weighted by atomic mass is 32.1. The number of carbonyl (C=O) groups is 5. The van der Waals surface area contributed by atoms with E-state index in [1.165, 1.54) is 22.7 Å². The zero-order valence-electron chi connectivity index (χ0n) is 58.5. The molecule has 0 aliphatic rings. The third-order valence-electron chi connectivity index (χ3n) is 16.3. The molecule has 530 valence electrons. The van der Waals surface area contributed by atoms with Gasteiger partial charge in [-0.15, -0.1) is 34.0 Å². The van der Waals surface area contributed by atoms with Crippen molar-refractivity contribution in [2.75, 3.05) is 26.7 Å². The van der Waals surface area contributed by atoms with Crippen LogP contribution in [0.5, 0.6) is 0 Å². The number of alkyl carbamates (subject to hydrolysis) is 2. The van der Waals surface area contributed by atoms with Crippen LogP contribution in [0.3, 0.4) is 0 Å². The van der Waals surface area contributed by atoms with Gasteiger partial charge in [0.1, 0.15) is 47.6 Å². The van der Waals surface area contributed by atoms with Gasteiger partial charge in [0.2, 0.25) is 17.7 Å². The molecule has 8 heterocycles. The number of amides is 5. The second kappa shape index (κ2) is 35.4. The first-order chi connectivity index (χ1) is 48.6. The maximum Gasteiger partial charge on any atom is 0.408 e. The summed E-state index contributed by atoms with van der Waals surface area (Å²) in [5, 5.41) is 24.1. The molecule has 3 N–H and O–H groups in total. The minimum absolute atomic E-state index is 0.0375. The molecule has 12 aromatic rings. The molecule has 101 heavy (non-hydrogen) atoms. The molecule has 0 saturated carbocycles. The fourth-order valence-electron chi connectivity index (χ4n) is 11.7. The summed E-state index contributed by atoms with van der Waals surface area (Å²) in [5.74, 6) is 0.634. The van der Waals surface area contributed by atoms with E-state index in [2.05, 4.69) is 89.7 Å². The van der Waals surface area contributed by atoms with Crippen LogP contribution in [-0.4, -0.2) is 114 Å². The Morgan fingerprint density at radius 2 is 0.960 bits per heavy atom. The van der Waals surface area contributed by atoms with Gasteiger partial charge in [-0.2, -0.15) is 5.10 Å². The molecule has 0 saturated heterocycles. The molecule has 0 bridgehead atoms. The summed E-state index contributed by atoms with van der Waals surface area (Å²) in [6, 6.07) is 31.0. The Kier molecular flexibility index (Phi) is 25.8. The summed E-state index contributed by atoms with van der Waals surface area (Å²) in [7, 11) is 3.75. The Bertz CT molecular complexity index is 4630. The van der Waals surface area contributed by atoms with Gasteiger partial charge in [0.15, 0.2) is 0 Å². The molecule has 0 aliphatic carbocycles. The van der Waals surface area contributed by atoms with Crippen molar-refractivity contribution >= 4 is 108 Å². The normalized spacial score (nSPS) is 12.3. The van der Waals surface area contributed by atoms with Crippen molar-refractivity contribution in [1.82, 2.24) is 55.4 Å². The lowest BCUT2D eigenvalue weighted by Crippen LogP contribution is -2.51. The summed E-state index contributed by atoms with van der Waals surface area (Å²) >= 11 is 4.47. The predicted octanol–water partition coefficient (Wildman–Crippen LogP) is 14.6. The van der Waals surface area contributed by atoms with E-state index in [0.29, 0.717) is 63.9 Å². The highest BCUT2D eigenvalue weighted by Gasteiger charge is 2.31. The van der Waals surface area contributed by atoms with E-state index in [1.807, 2.05) is 145 Å². The molecule has 3 atom stereocenters. The molecule has 0 radical (unpaired) electrons. The lowest BCUT2D eigenvalue weighted by atomic mass is 10.0. The average molecular weight is 1430 g/mol. The number of ether oxygens (including phenoxy) is 2. The largest absolute Gasteiger partial charge is 0.464 e. The van der Waals surface area contributed by atoms with Crippen LogP contribution in [0.25, 0.3) is 43.9 Å². The van der Waals surface area contributed by atoms with Gasteiger partial charge in [-0.05, 0) is 139 Å². The van der Waals surface area contributed by atoms with Crippen molar-refractivity contribution in [3.8, 4) is 0 Å². The van der Waals surface area contributed by atoms with Crippen LogP contribution < -0.4 is 16.0 Å². The number of rotatable bonds is 28. The number of aromatic nitrogens is 5. The smallest absolute Gasteiger partial charge is 0.408 e. The van der Waals surface area contributed by atoms with Crippen molar-refractivity contribution in [1.29, 1.82) is 0 Å². The average Bonchev–Trinajstić information content (AvgIpc) is 1.32. The third-order valence-corrected chi connectivity index (χ3v) is 18.4. The van der Waals surface area contributed by atoms with Crippen molar-refractivity contribution in [3.05, 3.63) is 211 Å². The maximum absolute atomic E-state index is 13.6. The van der Waals surface area contributed by atoms with E-state index in [1.54, 1.807) is 57.2 Å². The number of likely N-dealkylation sites (N-methyl/N-ethyl adjacent to an activating group) is 1. The lowest BCUT2D eigenvalue weighted by molar-refractivity contribution is -0.135. The number of carbonyl (C=O) groups excluding carboxylic acids is 5. The quantitative estimate of drug-likeness (QED) is 0.0412. The first kappa shape index (κ1) is 73.8. The molecule has 4 aromatic carbocycles. The summed E-state index contributed by atoms with van der Waals surface area (Å²) in [5.41, 5.74) is 14.8. The van der Waals surface area contributed by atoms with E-state index in [0.717, 1.165) is 99.6 Å². The van der Waals surface area contributed by atoms with Crippen LogP contribution in [0.15, 0.2) is 173 Å². The zero-order valence-corrected chi connectivity index (χ0v) is 61.0. The number of aryl methyl sites for hydroxylation is 3. The van der Waals surface area contributed by atoms with E-state index in [9.17, 15) is 24.0 Å². The third kappa shape index (κ3) is 21.5. The highest BCUT2D eigenvalue weighted by Crippen LogP contribution is 2.24. The number of fused-ring (bicyclic) bond motifs is 4. The molecule has 25 heteroatoms. The SMILES string of the molecule is CC(C)CN(CC(C)C)C(=O)[C@H](Cc1cscn1)NC(=O)OCc1ccc2occc2c1.Cc1cc(CN(C)C(=O)[C@@H](Cc2ccc3occc3c2)NCc2ccc3occc3c2)n(C)n1.Cc1nc(CN(CC(C)C)C(=O)[C@H](Cc2cscn2)NC(=O)OCc2ccc3occc3c2)cs1. The second-order valence-corrected chi connectivity index (χ2v) is 28.8. The predicted molar refractivity (Wildman–Crippen MR) is 393 cm³/mol. The van der Waals surface area contributed by atoms with Crippen molar-refractivity contribution in [2.45, 2.75) is 126 Å². The van der Waals surface area contributed by atoms with E-state index >= 15 is 0 Å². The van der Waals surface area contributed by atoms with Gasteiger partial charge < -0.3 is 57.8 Å². The van der Waals surface area contributed by atoms with Gasteiger partial charge in [-0.1, -0.05) is 65.8 Å². The Morgan fingerprint density at radius 1 is 0.515 bits per heavy atom. The molecular formula is C76H87N11O11S3. The van der Waals surface area contributed by atoms with Crippen LogP contribution in [0.1, 0.15) is 97.3 Å². The Labute approximate surface area is 599 Å². The Morgan fingerprint density at radius 3 is 1.40 bits per heavy atom. The molecule has 0 spiro atoms. The molecular weight excluding hydrogens is 1340 g/mol. The molecule has 22 nitrogen and oxygen atoms in total. The van der Waals surface area contributed by atoms with Crippen LogP contribution in [0.4, 0.5) is 9.59 Å². The number of furan rings is 4. The van der Waals surface area contributed by atoms with Crippen LogP contribution in [0.2, 0.25) is 0 Å². The maximum atomic E-state index is 13.6. The summed E-state index contributed by atoms with van der Waals surface area (Å²) in [4.78, 5) is 84.4. The molecule has 0 unspecified atom stereocenters. The molecule has 5 amide bonds. The standard InChI is InChI=1S/C27H28N4O3.C25H28N4O4S2.C24H31N3O4S/c1-18-12-23(31(3)29-18)17-30(2)27(32)24(15-19-4-6-25-21(13-19)8-10-33-25)28-16-20-5-7-26-22(14-20)9-11-34-26;1-16(2)10-29(11-21-14-35-17(3)27-21)24(30)22(9-20-13-34-15-26-20)28-25(31)33-12-18-4-5-23-19(8-18)6-7-32-23;1-16(2)11-27(12-17(3)4)23(28)21(10-20-14-32-15-25-20)26-24(29)31-13-18-5-6-22-19(9-18)7-8-30-22/h4-14,24,28H,15-17H2,1-3H3;4-8,13-16,22H,9-12H2,1-3H3,(H,28,31);5-9,14-17,21H,10-13H2,1-4H3,(H,26,29)/t24-;22-;21-/m100/s1. The van der Waals surface area contributed by atoms with Crippen molar-refractivity contribution in [2.24, 2.45) is 24.8 Å². The molecule has 12 rings (SSSR count). The van der Waals surface area contributed by atoms with Gasteiger partial charge >= 0.3 is 12.2 Å². The number of nitrogens with zero attached hydrogens (tertiary/aromatic N) is 8. The van der Waals surface area contributed by atoms with Gasteiger partial charge in [0, 0.05) is 90.8 Å². The van der Waals surface area contributed by atoms with Crippen LogP contribution in [0, 0.1) is 31.6 Å². The molecule has 8 aromatic heterocycles. The van der Waals surface area contributed by atoms with E-state index in [4.69, 9.17) is 27.1 Å². The molecule has 0 fully saturated rings. The van der Waals surface area contributed by atoms with Gasteiger partial charge in [-0.3, -0.25) is 19.1 Å². The molecule has 0 aliphatic heterocycles. The summed E-state index contributed by atoms with van der Waals surface area (Å²) < 4.78 is 34.3. The number of thiazole rings is 3. The second-order valence-electron chi connectivity index (χ2n) is 26.3. The van der Waals surface area contributed by atoms with Gasteiger partial charge in [0.05, 0.1) is 88.7 Å². The number of hydrogen-bond acceptors (Lipinski definition) is 19. The summed E-state index contributed by atoms with van der Waals surface area (Å²) in [6.45, 7) is 19.8. The Hall–Kier alpha value is -9.95. The Balaban J connectivity index is 0.000000164. The first-order valence-electron chi connectivity index (χ1n) is 33.6. The van der Waals surface area contributed by atoms with Gasteiger partial charge in [0.25, 0.3) is 0 Å². The topological polar surface area (TPSA) is 259 Å². The van der Waals surface area contributed by atoms with Crippen LogP contribution in [-0.2, 0) is 83.0 Å². The van der Waals surface area contributed by atoms with Crippen molar-refractivity contribution < 1.29 is 51.1 Å². The fourth-order valence-corrected chi connectivity index (χ4v) is 13.4. The highest BCUT2D eigenvalue weighted by molar-refractivity contribution is 7.09. The number of hydrogen-bond donors (Lipinski definition) is 3. The van der Waals surface area contributed by atoms with Crippen LogP contribution >= 0.6 is 34.0 Å². The summed E-state index contributed by atoms with van der Waals surface area (Å²) in [6.07, 6.45) is 6.51.